The Morgan fingerprint density at radius 2 is 1.93 bits per heavy atom. The van der Waals surface area contributed by atoms with Gasteiger partial charge in [0.25, 0.3) is 0 Å². The molecule has 1 saturated heterocycles. The minimum absolute atomic E-state index is 0.0610. The number of nitrogens with zero attached hydrogens (tertiary/aromatic N) is 5. The summed E-state index contributed by atoms with van der Waals surface area (Å²) in [6.45, 7) is 5.55. The van der Waals surface area contributed by atoms with Crippen LogP contribution in [0.2, 0.25) is 0 Å². The van der Waals surface area contributed by atoms with Crippen molar-refractivity contribution in [2.75, 3.05) is 29.5 Å². The normalized spacial score (nSPS) is 16.1. The van der Waals surface area contributed by atoms with Crippen LogP contribution in [-0.2, 0) is 0 Å². The summed E-state index contributed by atoms with van der Waals surface area (Å²) in [5.74, 6) is 0.430. The molecule has 0 amide bonds. The minimum atomic E-state index is -0.303. The molecule has 4 N–H and O–H groups in total. The number of nitrogen functional groups attached to an aromatic ring is 2. The van der Waals surface area contributed by atoms with E-state index in [1.807, 2.05) is 6.08 Å². The lowest BCUT2D eigenvalue weighted by molar-refractivity contribution is 0.275. The second-order valence-electron chi connectivity index (χ2n) is 7.42. The van der Waals surface area contributed by atoms with Gasteiger partial charge in [-0.05, 0) is 49.4 Å². The zero-order chi connectivity index (χ0) is 20.4. The maximum absolute atomic E-state index is 14.9. The number of allylic oxidation sites excluding steroid dienone is 1. The van der Waals surface area contributed by atoms with Crippen LogP contribution in [0.5, 0.6) is 0 Å². The summed E-state index contributed by atoms with van der Waals surface area (Å²) in [6, 6.07) is 9.49. The van der Waals surface area contributed by atoms with E-state index < -0.39 is 0 Å². The standard InChI is InChI=1S/C21H26FN7/c1-2-5-18(27-10-3-4-11-27)15-8-12-28(13-9-15)19-7-6-16(14-17(19)22)29-21(24)25-20(23)26-29/h2-4,6-7,10-11,14-15,18H,1,5,8-9,12-13H2,(H4,23,24,25,26). The van der Waals surface area contributed by atoms with E-state index in [0.29, 0.717) is 23.3 Å². The van der Waals surface area contributed by atoms with Crippen LogP contribution in [0.25, 0.3) is 5.69 Å². The molecule has 0 spiro atoms. The molecule has 1 aliphatic heterocycles. The molecule has 0 saturated carbocycles. The van der Waals surface area contributed by atoms with Crippen molar-refractivity contribution in [3.8, 4) is 5.69 Å². The van der Waals surface area contributed by atoms with Crippen LogP contribution in [-0.4, -0.2) is 32.4 Å². The molecule has 0 aliphatic carbocycles. The largest absolute Gasteiger partial charge is 0.369 e. The Hall–Kier alpha value is -3.29. The highest BCUT2D eigenvalue weighted by Gasteiger charge is 2.27. The van der Waals surface area contributed by atoms with Crippen molar-refractivity contribution in [1.29, 1.82) is 0 Å². The SMILES string of the molecule is C=CCC(C1CCN(c2ccc(-n3nc(N)nc3N)cc2F)CC1)n1cccc1. The van der Waals surface area contributed by atoms with Gasteiger partial charge in [0, 0.05) is 37.6 Å². The maximum atomic E-state index is 14.9. The van der Waals surface area contributed by atoms with Gasteiger partial charge in [0.2, 0.25) is 11.9 Å². The van der Waals surface area contributed by atoms with Crippen molar-refractivity contribution in [3.05, 3.63) is 61.2 Å². The predicted octanol–water partition coefficient (Wildman–Crippen LogP) is 3.41. The topological polar surface area (TPSA) is 90.9 Å². The molecule has 1 aromatic carbocycles. The summed E-state index contributed by atoms with van der Waals surface area (Å²) in [7, 11) is 0. The molecule has 0 bridgehead atoms. The molecule has 1 aliphatic rings. The van der Waals surface area contributed by atoms with Crippen LogP contribution in [0.4, 0.5) is 22.0 Å². The molecule has 2 aromatic heterocycles. The number of piperidine rings is 1. The number of hydrogen-bond acceptors (Lipinski definition) is 5. The van der Waals surface area contributed by atoms with Crippen LogP contribution in [0.1, 0.15) is 25.3 Å². The van der Waals surface area contributed by atoms with Gasteiger partial charge < -0.3 is 20.9 Å². The molecule has 29 heavy (non-hydrogen) atoms. The molecule has 152 valence electrons. The summed E-state index contributed by atoms with van der Waals surface area (Å²) >= 11 is 0. The highest BCUT2D eigenvalue weighted by molar-refractivity contribution is 5.54. The molecule has 1 unspecified atom stereocenters. The van der Waals surface area contributed by atoms with Crippen LogP contribution < -0.4 is 16.4 Å². The van der Waals surface area contributed by atoms with Crippen LogP contribution in [0, 0.1) is 11.7 Å². The number of halogens is 1. The Balaban J connectivity index is 1.47. The van der Waals surface area contributed by atoms with Crippen molar-refractivity contribution in [2.45, 2.75) is 25.3 Å². The number of benzene rings is 1. The highest BCUT2D eigenvalue weighted by atomic mass is 19.1. The fraction of sp³-hybridized carbons (Fsp3) is 0.333. The molecule has 3 aromatic rings. The Kier molecular flexibility index (Phi) is 5.24. The Bertz CT molecular complexity index is 971. The second-order valence-corrected chi connectivity index (χ2v) is 7.42. The molecule has 8 heteroatoms. The Labute approximate surface area is 169 Å². The van der Waals surface area contributed by atoms with Crippen molar-refractivity contribution in [3.63, 3.8) is 0 Å². The summed E-state index contributed by atoms with van der Waals surface area (Å²) < 4.78 is 18.5. The van der Waals surface area contributed by atoms with Gasteiger partial charge in [0.15, 0.2) is 0 Å². The number of hydrogen-bond donors (Lipinski definition) is 2. The van der Waals surface area contributed by atoms with Crippen molar-refractivity contribution in [2.24, 2.45) is 5.92 Å². The highest BCUT2D eigenvalue weighted by Crippen LogP contribution is 2.34. The average molecular weight is 395 g/mol. The fourth-order valence-corrected chi connectivity index (χ4v) is 4.24. The van der Waals surface area contributed by atoms with Gasteiger partial charge in [-0.1, -0.05) is 6.08 Å². The molecule has 1 fully saturated rings. The smallest absolute Gasteiger partial charge is 0.241 e. The molecule has 3 heterocycles. The monoisotopic (exact) mass is 395 g/mol. The first-order valence-corrected chi connectivity index (χ1v) is 9.83. The summed E-state index contributed by atoms with van der Waals surface area (Å²) in [5.41, 5.74) is 12.4. The Morgan fingerprint density at radius 3 is 2.52 bits per heavy atom. The zero-order valence-electron chi connectivity index (χ0n) is 16.3. The van der Waals surface area contributed by atoms with Crippen LogP contribution in [0.3, 0.4) is 0 Å². The van der Waals surface area contributed by atoms with E-state index in [9.17, 15) is 4.39 Å². The van der Waals surface area contributed by atoms with Gasteiger partial charge in [-0.2, -0.15) is 9.67 Å². The van der Waals surface area contributed by atoms with E-state index in [1.54, 1.807) is 12.1 Å². The minimum Gasteiger partial charge on any atom is -0.369 e. The van der Waals surface area contributed by atoms with E-state index >= 15 is 0 Å². The van der Waals surface area contributed by atoms with E-state index in [1.165, 1.54) is 10.7 Å². The number of aromatic nitrogens is 4. The number of anilines is 3. The Morgan fingerprint density at radius 1 is 1.21 bits per heavy atom. The second kappa shape index (κ2) is 7.98. The lowest BCUT2D eigenvalue weighted by Crippen LogP contribution is -2.37. The molecule has 4 rings (SSSR count). The summed E-state index contributed by atoms with van der Waals surface area (Å²) in [5, 5.41) is 4.00. The van der Waals surface area contributed by atoms with Gasteiger partial charge in [-0.3, -0.25) is 0 Å². The molecule has 0 radical (unpaired) electrons. The van der Waals surface area contributed by atoms with Crippen LogP contribution in [0.15, 0.2) is 55.4 Å². The fourth-order valence-electron chi connectivity index (χ4n) is 4.24. The van der Waals surface area contributed by atoms with Crippen molar-refractivity contribution < 1.29 is 4.39 Å². The van der Waals surface area contributed by atoms with E-state index in [-0.39, 0.29) is 17.7 Å². The van der Waals surface area contributed by atoms with Crippen LogP contribution >= 0.6 is 0 Å². The average Bonchev–Trinajstić information content (AvgIpc) is 3.36. The maximum Gasteiger partial charge on any atom is 0.241 e. The van der Waals surface area contributed by atoms with Gasteiger partial charge in [0.1, 0.15) is 5.82 Å². The quantitative estimate of drug-likeness (QED) is 0.624. The first-order valence-electron chi connectivity index (χ1n) is 9.83. The third kappa shape index (κ3) is 3.83. The van der Waals surface area contributed by atoms with Crippen molar-refractivity contribution >= 4 is 17.6 Å². The van der Waals surface area contributed by atoms with E-state index in [4.69, 9.17) is 11.5 Å². The van der Waals surface area contributed by atoms with Gasteiger partial charge >= 0.3 is 0 Å². The molecular weight excluding hydrogens is 369 g/mol. The van der Waals surface area contributed by atoms with E-state index in [2.05, 4.69) is 50.7 Å². The zero-order valence-corrected chi connectivity index (χ0v) is 16.3. The first-order chi connectivity index (χ1) is 14.1. The molecular formula is C21H26FN7. The number of nitrogens with two attached hydrogens (primary N) is 2. The lowest BCUT2D eigenvalue weighted by atomic mass is 9.87. The lowest BCUT2D eigenvalue weighted by Gasteiger charge is -2.37. The third-order valence-corrected chi connectivity index (χ3v) is 5.67. The first kappa shape index (κ1) is 19.0. The molecule has 7 nitrogen and oxygen atoms in total. The third-order valence-electron chi connectivity index (χ3n) is 5.67. The van der Waals surface area contributed by atoms with E-state index in [0.717, 1.165) is 32.4 Å². The molecule has 1 atom stereocenters. The summed E-state index contributed by atoms with van der Waals surface area (Å²) in [6.07, 6.45) is 9.15. The van der Waals surface area contributed by atoms with Crippen molar-refractivity contribution in [1.82, 2.24) is 19.3 Å². The van der Waals surface area contributed by atoms with Gasteiger partial charge in [-0.15, -0.1) is 11.7 Å². The number of rotatable bonds is 6. The predicted molar refractivity (Wildman–Crippen MR) is 113 cm³/mol. The van der Waals surface area contributed by atoms with Gasteiger partial charge in [0.05, 0.1) is 11.4 Å². The summed E-state index contributed by atoms with van der Waals surface area (Å²) in [4.78, 5) is 5.96. The van der Waals surface area contributed by atoms with Gasteiger partial charge in [-0.25, -0.2) is 4.39 Å².